The van der Waals surface area contributed by atoms with Crippen molar-refractivity contribution in [3.63, 3.8) is 0 Å². The second-order valence-electron chi connectivity index (χ2n) is 4.93. The van der Waals surface area contributed by atoms with E-state index in [2.05, 4.69) is 26.6 Å². The fourth-order valence-corrected chi connectivity index (χ4v) is 2.11. The van der Waals surface area contributed by atoms with Gasteiger partial charge in [0.15, 0.2) is 0 Å². The van der Waals surface area contributed by atoms with Gasteiger partial charge in [0.1, 0.15) is 11.5 Å². The molecular weight excluding hydrogens is 392 g/mol. The van der Waals surface area contributed by atoms with Gasteiger partial charge in [0, 0.05) is 22.7 Å². The predicted molar refractivity (Wildman–Crippen MR) is 93.6 cm³/mol. The number of carbonyl (C=O) groups excluding carboxylic acids is 2. The Morgan fingerprint density at radius 3 is 2.48 bits per heavy atom. The van der Waals surface area contributed by atoms with Crippen LogP contribution in [0.4, 0.5) is 0 Å². The van der Waals surface area contributed by atoms with Gasteiger partial charge in [-0.15, -0.1) is 0 Å². The minimum atomic E-state index is -1.03. The van der Waals surface area contributed by atoms with E-state index in [9.17, 15) is 14.4 Å². The van der Waals surface area contributed by atoms with E-state index in [0.717, 1.165) is 4.47 Å². The Balaban J connectivity index is 2.14. The van der Waals surface area contributed by atoms with Crippen LogP contribution < -0.4 is 10.6 Å². The third kappa shape index (κ3) is 5.92. The number of amides is 2. The van der Waals surface area contributed by atoms with Gasteiger partial charge < -0.3 is 20.2 Å². The van der Waals surface area contributed by atoms with Gasteiger partial charge in [0.05, 0.1) is 12.7 Å². The summed E-state index contributed by atoms with van der Waals surface area (Å²) in [7, 11) is 0. The van der Waals surface area contributed by atoms with E-state index in [1.807, 2.05) is 0 Å². The van der Waals surface area contributed by atoms with E-state index in [-0.39, 0.29) is 18.7 Å². The number of carbonyl (C=O) groups is 3. The van der Waals surface area contributed by atoms with Crippen LogP contribution in [0.25, 0.3) is 6.08 Å². The molecule has 1 aromatic carbocycles. The fourth-order valence-electron chi connectivity index (χ4n) is 1.85. The number of nitrogens with one attached hydrogen (secondary N) is 2. The average molecular weight is 407 g/mol. The molecule has 0 aliphatic heterocycles. The second-order valence-corrected chi connectivity index (χ2v) is 5.85. The number of carboxylic acid groups (broad SMARTS) is 1. The molecule has 0 atom stereocenters. The molecule has 0 aliphatic carbocycles. The highest BCUT2D eigenvalue weighted by molar-refractivity contribution is 9.10. The van der Waals surface area contributed by atoms with Crippen LogP contribution in [0, 0.1) is 0 Å². The minimum Gasteiger partial charge on any atom is -0.481 e. The van der Waals surface area contributed by atoms with E-state index in [0.29, 0.717) is 11.3 Å². The third-order valence-corrected chi connectivity index (χ3v) is 3.58. The molecule has 0 radical (unpaired) electrons. The maximum Gasteiger partial charge on any atom is 0.305 e. The van der Waals surface area contributed by atoms with Crippen molar-refractivity contribution in [3.05, 3.63) is 64.2 Å². The van der Waals surface area contributed by atoms with Gasteiger partial charge in [-0.3, -0.25) is 14.4 Å². The lowest BCUT2D eigenvalue weighted by Gasteiger charge is -2.10. The zero-order valence-electron chi connectivity index (χ0n) is 13.0. The van der Waals surface area contributed by atoms with Crippen molar-refractivity contribution in [2.75, 3.05) is 6.54 Å². The fraction of sp³-hybridized carbons (Fsp3) is 0.118. The number of hydrogen-bond acceptors (Lipinski definition) is 4. The molecule has 1 aromatic heterocycles. The quantitative estimate of drug-likeness (QED) is 0.611. The summed E-state index contributed by atoms with van der Waals surface area (Å²) in [5.41, 5.74) is 0.320. The van der Waals surface area contributed by atoms with Crippen LogP contribution in [0.5, 0.6) is 0 Å². The zero-order chi connectivity index (χ0) is 18.2. The number of benzene rings is 1. The number of halogens is 1. The van der Waals surface area contributed by atoms with Gasteiger partial charge in [0.2, 0.25) is 0 Å². The maximum atomic E-state index is 12.3. The molecular formula is C17H15BrN2O5. The van der Waals surface area contributed by atoms with Gasteiger partial charge in [-0.25, -0.2) is 0 Å². The van der Waals surface area contributed by atoms with Crippen molar-refractivity contribution >= 4 is 39.8 Å². The molecule has 0 saturated carbocycles. The van der Waals surface area contributed by atoms with Crippen LogP contribution in [0.2, 0.25) is 0 Å². The maximum absolute atomic E-state index is 12.3. The van der Waals surface area contributed by atoms with Crippen LogP contribution in [0.1, 0.15) is 22.5 Å². The van der Waals surface area contributed by atoms with Crippen molar-refractivity contribution in [2.45, 2.75) is 6.42 Å². The lowest BCUT2D eigenvalue weighted by atomic mass is 10.2. The minimum absolute atomic E-state index is 0.0479. The van der Waals surface area contributed by atoms with Gasteiger partial charge in [-0.2, -0.15) is 0 Å². The van der Waals surface area contributed by atoms with E-state index < -0.39 is 17.8 Å². The van der Waals surface area contributed by atoms with Crippen LogP contribution >= 0.6 is 15.9 Å². The van der Waals surface area contributed by atoms with Crippen LogP contribution in [0.3, 0.4) is 0 Å². The molecule has 7 nitrogen and oxygen atoms in total. The summed E-state index contributed by atoms with van der Waals surface area (Å²) in [6, 6.07) is 9.88. The van der Waals surface area contributed by atoms with Crippen molar-refractivity contribution in [2.24, 2.45) is 0 Å². The van der Waals surface area contributed by atoms with E-state index >= 15 is 0 Å². The standard InChI is InChI=1S/C17H15BrN2O5/c18-12-5-3-11(4-6-12)16(23)20-14(10-13-2-1-9-25-13)17(24)19-8-7-15(21)22/h1-6,9-10H,7-8H2,(H,19,24)(H,20,23)(H,21,22)/b14-10+. The van der Waals surface area contributed by atoms with Gasteiger partial charge in [-0.1, -0.05) is 15.9 Å². The van der Waals surface area contributed by atoms with E-state index in [1.54, 1.807) is 36.4 Å². The molecule has 25 heavy (non-hydrogen) atoms. The zero-order valence-corrected chi connectivity index (χ0v) is 14.6. The molecule has 0 spiro atoms. The van der Waals surface area contributed by atoms with Gasteiger partial charge in [0.25, 0.3) is 11.8 Å². The van der Waals surface area contributed by atoms with Crippen molar-refractivity contribution in [1.29, 1.82) is 0 Å². The van der Waals surface area contributed by atoms with Crippen molar-refractivity contribution < 1.29 is 23.9 Å². The molecule has 3 N–H and O–H groups in total. The normalized spacial score (nSPS) is 11.0. The molecule has 0 fully saturated rings. The predicted octanol–water partition coefficient (Wildman–Crippen LogP) is 2.40. The number of hydrogen-bond donors (Lipinski definition) is 3. The number of furan rings is 1. The lowest BCUT2D eigenvalue weighted by molar-refractivity contribution is -0.136. The first-order chi connectivity index (χ1) is 12.0. The molecule has 0 bridgehead atoms. The highest BCUT2D eigenvalue weighted by Gasteiger charge is 2.15. The SMILES string of the molecule is O=C(O)CCNC(=O)/C(=C\c1ccco1)NC(=O)c1ccc(Br)cc1. The number of rotatable bonds is 7. The van der Waals surface area contributed by atoms with Crippen LogP contribution in [-0.4, -0.2) is 29.4 Å². The van der Waals surface area contributed by atoms with Crippen molar-refractivity contribution in [3.8, 4) is 0 Å². The summed E-state index contributed by atoms with van der Waals surface area (Å²) >= 11 is 3.28. The Morgan fingerprint density at radius 1 is 1.16 bits per heavy atom. The molecule has 2 amide bonds. The lowest BCUT2D eigenvalue weighted by Crippen LogP contribution is -2.35. The molecule has 0 saturated heterocycles. The number of aliphatic carboxylic acids is 1. The smallest absolute Gasteiger partial charge is 0.305 e. The second kappa shape index (κ2) is 8.84. The summed E-state index contributed by atoms with van der Waals surface area (Å²) in [6.07, 6.45) is 2.58. The molecule has 130 valence electrons. The largest absolute Gasteiger partial charge is 0.481 e. The molecule has 8 heteroatoms. The molecule has 0 aliphatic rings. The Hall–Kier alpha value is -2.87. The van der Waals surface area contributed by atoms with E-state index in [4.69, 9.17) is 9.52 Å². The molecule has 1 heterocycles. The van der Waals surface area contributed by atoms with Gasteiger partial charge in [-0.05, 0) is 36.4 Å². The van der Waals surface area contributed by atoms with E-state index in [1.165, 1.54) is 12.3 Å². The Kier molecular flexibility index (Phi) is 6.53. The Labute approximate surface area is 151 Å². The summed E-state index contributed by atoms with van der Waals surface area (Å²) in [4.78, 5) is 35.1. The molecule has 2 rings (SSSR count). The topological polar surface area (TPSA) is 109 Å². The first-order valence-corrected chi connectivity index (χ1v) is 8.07. The summed E-state index contributed by atoms with van der Waals surface area (Å²) < 4.78 is 5.97. The summed E-state index contributed by atoms with van der Waals surface area (Å²) in [6.45, 7) is -0.0577. The molecule has 0 unspecified atom stereocenters. The van der Waals surface area contributed by atoms with Gasteiger partial charge >= 0.3 is 5.97 Å². The van der Waals surface area contributed by atoms with Crippen LogP contribution in [0.15, 0.2) is 57.2 Å². The van der Waals surface area contributed by atoms with Crippen molar-refractivity contribution in [1.82, 2.24) is 10.6 Å². The third-order valence-electron chi connectivity index (χ3n) is 3.05. The first-order valence-electron chi connectivity index (χ1n) is 7.28. The Morgan fingerprint density at radius 2 is 1.88 bits per heavy atom. The Bertz CT molecular complexity index is 782. The van der Waals surface area contributed by atoms with Crippen LogP contribution in [-0.2, 0) is 9.59 Å². The molecule has 2 aromatic rings. The number of carboxylic acids is 1. The summed E-state index contributed by atoms with van der Waals surface area (Å²) in [5, 5.41) is 13.6. The monoisotopic (exact) mass is 406 g/mol. The summed E-state index contributed by atoms with van der Waals surface area (Å²) in [5.74, 6) is -1.74. The average Bonchev–Trinajstić information content (AvgIpc) is 3.07. The first kappa shape index (κ1) is 18.5. The highest BCUT2D eigenvalue weighted by Crippen LogP contribution is 2.12. The highest BCUT2D eigenvalue weighted by atomic mass is 79.9.